The third kappa shape index (κ3) is 2.85. The Balaban J connectivity index is 2.42. The number of rotatable bonds is 4. The predicted molar refractivity (Wildman–Crippen MR) is 75.0 cm³/mol. The highest BCUT2D eigenvalue weighted by Gasteiger charge is 2.29. The summed E-state index contributed by atoms with van der Waals surface area (Å²) in [6.07, 6.45) is 1.12. The van der Waals surface area contributed by atoms with Gasteiger partial charge in [0, 0.05) is 5.02 Å². The van der Waals surface area contributed by atoms with Crippen LogP contribution in [0.15, 0.2) is 48.5 Å². The van der Waals surface area contributed by atoms with Crippen LogP contribution in [0, 0.1) is 5.82 Å². The van der Waals surface area contributed by atoms with Crippen LogP contribution in [0.5, 0.6) is 0 Å². The second kappa shape index (κ2) is 5.54. The summed E-state index contributed by atoms with van der Waals surface area (Å²) in [5.41, 5.74) is 0.396. The highest BCUT2D eigenvalue weighted by atomic mass is 35.5. The molecule has 1 nitrogen and oxygen atoms in total. The molecule has 1 atom stereocenters. The molecule has 1 unspecified atom stereocenters. The normalized spacial score (nSPS) is 13.8. The van der Waals surface area contributed by atoms with Crippen LogP contribution >= 0.6 is 11.6 Å². The summed E-state index contributed by atoms with van der Waals surface area (Å²) in [5, 5.41) is 0.522. The number of benzene rings is 2. The van der Waals surface area contributed by atoms with Gasteiger partial charge in [-0.25, -0.2) is 4.39 Å². The fourth-order valence-electron chi connectivity index (χ4n) is 2.16. The molecular formula is C16H14ClFO. The van der Waals surface area contributed by atoms with Crippen molar-refractivity contribution < 1.29 is 9.18 Å². The van der Waals surface area contributed by atoms with Crippen molar-refractivity contribution in [2.24, 2.45) is 0 Å². The molecule has 0 aliphatic carbocycles. The minimum Gasteiger partial charge on any atom is -0.302 e. The zero-order chi connectivity index (χ0) is 13.9. The summed E-state index contributed by atoms with van der Waals surface area (Å²) in [6, 6.07) is 13.6. The van der Waals surface area contributed by atoms with Crippen molar-refractivity contribution >= 4 is 17.9 Å². The number of halogens is 2. The average Bonchev–Trinajstić information content (AvgIpc) is 2.42. The number of hydrogen-bond acceptors (Lipinski definition) is 1. The number of aldehydes is 1. The van der Waals surface area contributed by atoms with Gasteiger partial charge in [0.05, 0.1) is 5.41 Å². The molecule has 2 aromatic rings. The SMILES string of the molecule is CC(C=O)(Cc1ccccc1F)c1ccccc1Cl. The minimum atomic E-state index is -0.833. The van der Waals surface area contributed by atoms with Gasteiger partial charge in [-0.05, 0) is 36.6 Å². The largest absolute Gasteiger partial charge is 0.302 e. The molecule has 0 heterocycles. The van der Waals surface area contributed by atoms with Crippen molar-refractivity contribution in [2.75, 3.05) is 0 Å². The molecule has 0 amide bonds. The van der Waals surface area contributed by atoms with Crippen molar-refractivity contribution in [3.63, 3.8) is 0 Å². The number of hydrogen-bond donors (Lipinski definition) is 0. The number of carbonyl (C=O) groups is 1. The van der Waals surface area contributed by atoms with Crippen LogP contribution in [0.4, 0.5) is 4.39 Å². The highest BCUT2D eigenvalue weighted by Crippen LogP contribution is 2.32. The monoisotopic (exact) mass is 276 g/mol. The zero-order valence-electron chi connectivity index (χ0n) is 10.6. The second-order valence-electron chi connectivity index (χ2n) is 4.78. The Kier molecular flexibility index (Phi) is 4.01. The van der Waals surface area contributed by atoms with Crippen molar-refractivity contribution in [3.05, 3.63) is 70.5 Å². The molecule has 0 aromatic heterocycles. The average molecular weight is 277 g/mol. The Labute approximate surface area is 117 Å². The maximum Gasteiger partial charge on any atom is 0.130 e. The van der Waals surface area contributed by atoms with Gasteiger partial charge in [-0.1, -0.05) is 48.0 Å². The fraction of sp³-hybridized carbons (Fsp3) is 0.188. The first kappa shape index (κ1) is 13.8. The van der Waals surface area contributed by atoms with E-state index in [2.05, 4.69) is 0 Å². The van der Waals surface area contributed by atoms with E-state index in [1.165, 1.54) is 6.07 Å². The first-order valence-corrected chi connectivity index (χ1v) is 6.39. The Bertz CT molecular complexity index is 597. The highest BCUT2D eigenvalue weighted by molar-refractivity contribution is 6.31. The van der Waals surface area contributed by atoms with E-state index in [4.69, 9.17) is 11.6 Å². The number of carbonyl (C=O) groups excluding carboxylic acids is 1. The summed E-state index contributed by atoms with van der Waals surface area (Å²) < 4.78 is 13.7. The molecule has 0 N–H and O–H groups in total. The summed E-state index contributed by atoms with van der Waals surface area (Å²) in [7, 11) is 0. The van der Waals surface area contributed by atoms with Gasteiger partial charge in [-0.3, -0.25) is 0 Å². The molecular weight excluding hydrogens is 263 g/mol. The van der Waals surface area contributed by atoms with Crippen LogP contribution in [-0.2, 0) is 16.6 Å². The van der Waals surface area contributed by atoms with Crippen molar-refractivity contribution in [1.29, 1.82) is 0 Å². The van der Waals surface area contributed by atoms with Gasteiger partial charge < -0.3 is 4.79 Å². The topological polar surface area (TPSA) is 17.1 Å². The molecule has 0 bridgehead atoms. The van der Waals surface area contributed by atoms with Crippen LogP contribution in [0.2, 0.25) is 5.02 Å². The van der Waals surface area contributed by atoms with E-state index in [1.54, 1.807) is 43.3 Å². The summed E-state index contributed by atoms with van der Waals surface area (Å²) in [4.78, 5) is 11.5. The van der Waals surface area contributed by atoms with Crippen molar-refractivity contribution in [2.45, 2.75) is 18.8 Å². The summed E-state index contributed by atoms with van der Waals surface area (Å²) in [6.45, 7) is 1.77. The maximum atomic E-state index is 13.7. The first-order valence-electron chi connectivity index (χ1n) is 6.01. The Morgan fingerprint density at radius 2 is 1.79 bits per heavy atom. The van der Waals surface area contributed by atoms with Gasteiger partial charge in [0.15, 0.2) is 0 Å². The van der Waals surface area contributed by atoms with Gasteiger partial charge in [0.2, 0.25) is 0 Å². The van der Waals surface area contributed by atoms with Crippen LogP contribution in [0.25, 0.3) is 0 Å². The molecule has 2 rings (SSSR count). The van der Waals surface area contributed by atoms with Gasteiger partial charge >= 0.3 is 0 Å². The maximum absolute atomic E-state index is 13.7. The van der Waals surface area contributed by atoms with Crippen LogP contribution in [0.3, 0.4) is 0 Å². The molecule has 0 fully saturated rings. The third-order valence-corrected chi connectivity index (χ3v) is 3.59. The Hall–Kier alpha value is -1.67. The molecule has 0 aliphatic heterocycles. The van der Waals surface area contributed by atoms with E-state index in [0.717, 1.165) is 11.8 Å². The van der Waals surface area contributed by atoms with Gasteiger partial charge in [-0.15, -0.1) is 0 Å². The standard InChI is InChI=1S/C16H14ClFO/c1-16(11-19,13-7-3-4-8-14(13)17)10-12-6-2-5-9-15(12)18/h2-9,11H,10H2,1H3. The molecule has 19 heavy (non-hydrogen) atoms. The summed E-state index contributed by atoms with van der Waals surface area (Å²) in [5.74, 6) is -0.303. The molecule has 0 saturated heterocycles. The van der Waals surface area contributed by atoms with E-state index in [0.29, 0.717) is 10.6 Å². The lowest BCUT2D eigenvalue weighted by Gasteiger charge is -2.25. The zero-order valence-corrected chi connectivity index (χ0v) is 11.3. The van der Waals surface area contributed by atoms with Crippen LogP contribution in [0.1, 0.15) is 18.1 Å². The fourth-order valence-corrected chi connectivity index (χ4v) is 2.51. The van der Waals surface area contributed by atoms with Crippen molar-refractivity contribution in [1.82, 2.24) is 0 Å². The first-order chi connectivity index (χ1) is 9.07. The van der Waals surface area contributed by atoms with E-state index in [1.807, 2.05) is 6.07 Å². The smallest absolute Gasteiger partial charge is 0.130 e. The van der Waals surface area contributed by atoms with Crippen LogP contribution < -0.4 is 0 Å². The quantitative estimate of drug-likeness (QED) is 0.766. The Morgan fingerprint density at radius 3 is 2.42 bits per heavy atom. The van der Waals surface area contributed by atoms with Gasteiger partial charge in [-0.2, -0.15) is 0 Å². The molecule has 0 radical (unpaired) electrons. The molecule has 98 valence electrons. The lowest BCUT2D eigenvalue weighted by molar-refractivity contribution is -0.112. The molecule has 0 spiro atoms. The van der Waals surface area contributed by atoms with E-state index in [9.17, 15) is 9.18 Å². The minimum absolute atomic E-state index is 0.285. The molecule has 0 saturated carbocycles. The predicted octanol–water partition coefficient (Wildman–Crippen LogP) is 4.18. The lowest BCUT2D eigenvalue weighted by Crippen LogP contribution is -2.27. The molecule has 2 aromatic carbocycles. The van der Waals surface area contributed by atoms with Gasteiger partial charge in [0.1, 0.15) is 12.1 Å². The Morgan fingerprint density at radius 1 is 1.16 bits per heavy atom. The molecule has 3 heteroatoms. The lowest BCUT2D eigenvalue weighted by atomic mass is 9.78. The van der Waals surface area contributed by atoms with Gasteiger partial charge in [0.25, 0.3) is 0 Å². The molecule has 0 aliphatic rings. The third-order valence-electron chi connectivity index (χ3n) is 3.26. The van der Waals surface area contributed by atoms with E-state index < -0.39 is 5.41 Å². The van der Waals surface area contributed by atoms with E-state index >= 15 is 0 Å². The summed E-state index contributed by atoms with van der Waals surface area (Å²) >= 11 is 6.14. The van der Waals surface area contributed by atoms with E-state index in [-0.39, 0.29) is 12.2 Å². The van der Waals surface area contributed by atoms with Crippen molar-refractivity contribution in [3.8, 4) is 0 Å². The van der Waals surface area contributed by atoms with Crippen LogP contribution in [-0.4, -0.2) is 6.29 Å². The second-order valence-corrected chi connectivity index (χ2v) is 5.19.